The summed E-state index contributed by atoms with van der Waals surface area (Å²) in [6.45, 7) is 2.25. The minimum absolute atomic E-state index is 0.0764. The highest BCUT2D eigenvalue weighted by Crippen LogP contribution is 2.46. The Hall–Kier alpha value is -1.29. The Morgan fingerprint density at radius 1 is 1.21 bits per heavy atom. The Morgan fingerprint density at radius 2 is 1.84 bits per heavy atom. The first kappa shape index (κ1) is 12.7. The number of nitrogens with two attached hydrogens (primary N) is 1. The fourth-order valence-corrected chi connectivity index (χ4v) is 3.26. The highest BCUT2D eigenvalue weighted by molar-refractivity contribution is 9.10. The summed E-state index contributed by atoms with van der Waals surface area (Å²) in [5.41, 5.74) is 8.14. The maximum absolute atomic E-state index is 6.02. The first-order chi connectivity index (χ1) is 9.10. The molecule has 1 aliphatic carbocycles. The second kappa shape index (κ2) is 4.67. The number of anilines is 1. The average Bonchev–Trinajstić information content (AvgIpc) is 2.98. The van der Waals surface area contributed by atoms with Crippen molar-refractivity contribution < 1.29 is 4.52 Å². The molecule has 100 valence electrons. The Morgan fingerprint density at radius 3 is 2.47 bits per heavy atom. The minimum Gasteiger partial charge on any atom is -0.380 e. The molecule has 0 aliphatic heterocycles. The van der Waals surface area contributed by atoms with Crippen LogP contribution in [0.15, 0.2) is 33.3 Å². The van der Waals surface area contributed by atoms with Crippen LogP contribution in [0.2, 0.25) is 0 Å². The topological polar surface area (TPSA) is 52.0 Å². The second-order valence-corrected chi connectivity index (χ2v) is 6.46. The monoisotopic (exact) mass is 320 g/mol. The van der Waals surface area contributed by atoms with Gasteiger partial charge in [0.1, 0.15) is 0 Å². The van der Waals surface area contributed by atoms with E-state index in [-0.39, 0.29) is 5.41 Å². The summed E-state index contributed by atoms with van der Waals surface area (Å²) >= 11 is 3.45. The Kier molecular flexibility index (Phi) is 3.13. The van der Waals surface area contributed by atoms with Gasteiger partial charge in [0, 0.05) is 9.89 Å². The SMILES string of the molecule is CC1(c2onc(N)c2-c2ccc(Br)cc2)CCCC1. The van der Waals surface area contributed by atoms with E-state index in [2.05, 4.69) is 40.1 Å². The number of benzene rings is 1. The predicted molar refractivity (Wildman–Crippen MR) is 79.9 cm³/mol. The number of nitrogens with zero attached hydrogens (tertiary/aromatic N) is 1. The molecule has 1 fully saturated rings. The Balaban J connectivity index is 2.11. The zero-order valence-corrected chi connectivity index (χ0v) is 12.5. The van der Waals surface area contributed by atoms with Gasteiger partial charge in [-0.1, -0.05) is 53.0 Å². The number of aromatic nitrogens is 1. The smallest absolute Gasteiger partial charge is 0.175 e. The van der Waals surface area contributed by atoms with E-state index < -0.39 is 0 Å². The lowest BCUT2D eigenvalue weighted by molar-refractivity contribution is 0.307. The van der Waals surface area contributed by atoms with E-state index in [9.17, 15) is 0 Å². The molecule has 19 heavy (non-hydrogen) atoms. The van der Waals surface area contributed by atoms with Crippen LogP contribution >= 0.6 is 15.9 Å². The standard InChI is InChI=1S/C15H17BrN2O/c1-15(8-2-3-9-15)13-12(14(17)18-19-13)10-4-6-11(16)7-5-10/h4-7H,2-3,8-9H2,1H3,(H2,17,18). The molecule has 0 radical (unpaired) electrons. The maximum atomic E-state index is 6.02. The third kappa shape index (κ3) is 2.18. The Labute approximate surface area is 121 Å². The van der Waals surface area contributed by atoms with Crippen molar-refractivity contribution in [3.05, 3.63) is 34.5 Å². The van der Waals surface area contributed by atoms with Gasteiger partial charge in [0.25, 0.3) is 0 Å². The van der Waals surface area contributed by atoms with Crippen LogP contribution in [0.4, 0.5) is 5.82 Å². The van der Waals surface area contributed by atoms with Crippen LogP contribution in [0.5, 0.6) is 0 Å². The molecule has 4 heteroatoms. The third-order valence-corrected chi connectivity index (χ3v) is 4.64. The van der Waals surface area contributed by atoms with E-state index in [1.54, 1.807) is 0 Å². The van der Waals surface area contributed by atoms with Crippen LogP contribution in [0.3, 0.4) is 0 Å². The zero-order chi connectivity index (χ0) is 13.5. The highest BCUT2D eigenvalue weighted by atomic mass is 79.9. The van der Waals surface area contributed by atoms with Crippen LogP contribution < -0.4 is 5.73 Å². The molecule has 3 rings (SSSR count). The summed E-state index contributed by atoms with van der Waals surface area (Å²) in [4.78, 5) is 0. The molecule has 0 bridgehead atoms. The molecule has 1 aromatic heterocycles. The molecule has 1 aromatic carbocycles. The van der Waals surface area contributed by atoms with Crippen molar-refractivity contribution >= 4 is 21.7 Å². The summed E-state index contributed by atoms with van der Waals surface area (Å²) in [6.07, 6.45) is 4.78. The molecule has 0 saturated heterocycles. The molecule has 0 atom stereocenters. The normalized spacial score (nSPS) is 17.8. The van der Waals surface area contributed by atoms with E-state index in [4.69, 9.17) is 10.3 Å². The van der Waals surface area contributed by atoms with Gasteiger partial charge in [-0.25, -0.2) is 0 Å². The van der Waals surface area contributed by atoms with Gasteiger partial charge in [-0.15, -0.1) is 0 Å². The molecule has 2 N–H and O–H groups in total. The van der Waals surface area contributed by atoms with Crippen LogP contribution in [-0.2, 0) is 5.41 Å². The van der Waals surface area contributed by atoms with E-state index in [1.165, 1.54) is 12.8 Å². The van der Waals surface area contributed by atoms with Gasteiger partial charge in [0.15, 0.2) is 11.6 Å². The van der Waals surface area contributed by atoms with Gasteiger partial charge in [-0.2, -0.15) is 0 Å². The first-order valence-electron chi connectivity index (χ1n) is 6.62. The quantitative estimate of drug-likeness (QED) is 0.885. The number of rotatable bonds is 2. The first-order valence-corrected chi connectivity index (χ1v) is 7.41. The lowest BCUT2D eigenvalue weighted by atomic mass is 9.82. The molecular weight excluding hydrogens is 304 g/mol. The largest absolute Gasteiger partial charge is 0.380 e. The Bertz CT molecular complexity index is 583. The van der Waals surface area contributed by atoms with Crippen molar-refractivity contribution in [2.75, 3.05) is 5.73 Å². The summed E-state index contributed by atoms with van der Waals surface area (Å²) in [6, 6.07) is 8.13. The molecule has 1 heterocycles. The van der Waals surface area contributed by atoms with E-state index in [1.807, 2.05) is 12.1 Å². The number of hydrogen-bond acceptors (Lipinski definition) is 3. The van der Waals surface area contributed by atoms with Crippen molar-refractivity contribution in [1.82, 2.24) is 5.16 Å². The van der Waals surface area contributed by atoms with Crippen LogP contribution in [0, 0.1) is 0 Å². The van der Waals surface area contributed by atoms with E-state index in [0.717, 1.165) is 34.2 Å². The third-order valence-electron chi connectivity index (χ3n) is 4.11. The van der Waals surface area contributed by atoms with Crippen LogP contribution in [-0.4, -0.2) is 5.16 Å². The minimum atomic E-state index is 0.0764. The lowest BCUT2D eigenvalue weighted by Crippen LogP contribution is -2.16. The number of nitrogen functional groups attached to an aromatic ring is 1. The predicted octanol–water partition coefficient (Wildman–Crippen LogP) is 4.52. The van der Waals surface area contributed by atoms with Crippen LogP contribution in [0.1, 0.15) is 38.4 Å². The van der Waals surface area contributed by atoms with Gasteiger partial charge >= 0.3 is 0 Å². The number of halogens is 1. The molecule has 1 saturated carbocycles. The van der Waals surface area contributed by atoms with E-state index >= 15 is 0 Å². The van der Waals surface area contributed by atoms with Crippen molar-refractivity contribution in [2.45, 2.75) is 38.0 Å². The molecule has 1 aliphatic rings. The zero-order valence-electron chi connectivity index (χ0n) is 10.9. The fourth-order valence-electron chi connectivity index (χ4n) is 2.99. The number of hydrogen-bond donors (Lipinski definition) is 1. The average molecular weight is 321 g/mol. The summed E-state index contributed by atoms with van der Waals surface area (Å²) in [5, 5.41) is 4.00. The van der Waals surface area contributed by atoms with Gasteiger partial charge in [-0.05, 0) is 30.5 Å². The summed E-state index contributed by atoms with van der Waals surface area (Å²) < 4.78 is 6.64. The van der Waals surface area contributed by atoms with Crippen molar-refractivity contribution in [3.8, 4) is 11.1 Å². The molecular formula is C15H17BrN2O. The molecule has 3 nitrogen and oxygen atoms in total. The van der Waals surface area contributed by atoms with Crippen LogP contribution in [0.25, 0.3) is 11.1 Å². The second-order valence-electron chi connectivity index (χ2n) is 5.55. The van der Waals surface area contributed by atoms with Gasteiger partial charge in [0.05, 0.1) is 5.56 Å². The maximum Gasteiger partial charge on any atom is 0.175 e. The fraction of sp³-hybridized carbons (Fsp3) is 0.400. The van der Waals surface area contributed by atoms with Gasteiger partial charge < -0.3 is 10.3 Å². The summed E-state index contributed by atoms with van der Waals surface area (Å²) in [5.74, 6) is 1.44. The van der Waals surface area contributed by atoms with Gasteiger partial charge in [0.2, 0.25) is 0 Å². The van der Waals surface area contributed by atoms with Crippen molar-refractivity contribution in [3.63, 3.8) is 0 Å². The highest BCUT2D eigenvalue weighted by Gasteiger charge is 2.37. The molecule has 0 amide bonds. The van der Waals surface area contributed by atoms with Crippen molar-refractivity contribution in [2.24, 2.45) is 0 Å². The molecule has 2 aromatic rings. The summed E-state index contributed by atoms with van der Waals surface area (Å²) in [7, 11) is 0. The molecule has 0 unspecified atom stereocenters. The van der Waals surface area contributed by atoms with Gasteiger partial charge in [-0.3, -0.25) is 0 Å². The molecule has 0 spiro atoms. The van der Waals surface area contributed by atoms with Crippen molar-refractivity contribution in [1.29, 1.82) is 0 Å². The lowest BCUT2D eigenvalue weighted by Gasteiger charge is -2.21. The van der Waals surface area contributed by atoms with E-state index in [0.29, 0.717) is 5.82 Å².